The van der Waals surface area contributed by atoms with Gasteiger partial charge in [0.15, 0.2) is 5.69 Å². The predicted octanol–water partition coefficient (Wildman–Crippen LogP) is 3.02. The maximum absolute atomic E-state index is 12.7. The lowest BCUT2D eigenvalue weighted by atomic mass is 10.2. The normalized spacial score (nSPS) is 11.0. The Morgan fingerprint density at radius 1 is 0.971 bits per heavy atom. The number of anilines is 1. The van der Waals surface area contributed by atoms with Crippen molar-refractivity contribution < 1.29 is 22.7 Å². The number of hydrogen-bond donors (Lipinski definition) is 4. The Bertz CT molecular complexity index is 1410. The van der Waals surface area contributed by atoms with E-state index >= 15 is 0 Å². The Labute approximate surface area is 199 Å². The Morgan fingerprint density at radius 2 is 1.74 bits per heavy atom. The Hall–Kier alpha value is -4.16. The van der Waals surface area contributed by atoms with E-state index in [-0.39, 0.29) is 16.2 Å². The van der Waals surface area contributed by atoms with Gasteiger partial charge >= 0.3 is 0 Å². The van der Waals surface area contributed by atoms with Crippen LogP contribution in [0, 0.1) is 0 Å². The smallest absolute Gasteiger partial charge is 0.290 e. The maximum Gasteiger partial charge on any atom is 0.290 e. The summed E-state index contributed by atoms with van der Waals surface area (Å²) in [5, 5.41) is 8.61. The van der Waals surface area contributed by atoms with Crippen LogP contribution >= 0.6 is 11.3 Å². The average molecular weight is 498 g/mol. The van der Waals surface area contributed by atoms with Crippen LogP contribution in [0.4, 0.5) is 5.69 Å². The van der Waals surface area contributed by atoms with Crippen LogP contribution in [0.3, 0.4) is 0 Å². The van der Waals surface area contributed by atoms with Gasteiger partial charge in [0.25, 0.3) is 21.8 Å². The van der Waals surface area contributed by atoms with Gasteiger partial charge in [-0.15, -0.1) is 11.3 Å². The van der Waals surface area contributed by atoms with Crippen LogP contribution < -0.4 is 20.3 Å². The van der Waals surface area contributed by atoms with Crippen LogP contribution in [0.2, 0.25) is 0 Å². The van der Waals surface area contributed by atoms with Gasteiger partial charge in [0.1, 0.15) is 5.75 Å². The molecule has 0 saturated heterocycles. The zero-order valence-corrected chi connectivity index (χ0v) is 19.4. The third-order valence-corrected chi connectivity index (χ3v) is 6.92. The van der Waals surface area contributed by atoms with Gasteiger partial charge in [-0.05, 0) is 60.0 Å². The molecule has 34 heavy (non-hydrogen) atoms. The molecule has 0 atom stereocenters. The van der Waals surface area contributed by atoms with Crippen LogP contribution in [0.1, 0.15) is 20.8 Å². The number of hydrogen-bond acceptors (Lipinski definition) is 7. The Morgan fingerprint density at radius 3 is 2.44 bits per heavy atom. The number of ether oxygens (including phenoxy) is 1. The lowest BCUT2D eigenvalue weighted by Crippen LogP contribution is -2.41. The molecule has 0 unspecified atom stereocenters. The molecular weight excluding hydrogens is 478 g/mol. The van der Waals surface area contributed by atoms with Crippen molar-refractivity contribution in [3.05, 3.63) is 83.4 Å². The fourth-order valence-electron chi connectivity index (χ4n) is 2.92. The monoisotopic (exact) mass is 497 g/mol. The molecule has 0 aliphatic rings. The van der Waals surface area contributed by atoms with E-state index in [1.165, 1.54) is 42.7 Å². The zero-order valence-electron chi connectivity index (χ0n) is 17.7. The van der Waals surface area contributed by atoms with E-state index in [9.17, 15) is 18.0 Å². The fraction of sp³-hybridized carbons (Fsp3) is 0.0455. The van der Waals surface area contributed by atoms with Gasteiger partial charge in [0, 0.05) is 11.3 Å². The molecule has 0 spiro atoms. The summed E-state index contributed by atoms with van der Waals surface area (Å²) >= 11 is 1.49. The highest BCUT2D eigenvalue weighted by Gasteiger charge is 2.18. The number of aromatic amines is 1. The summed E-state index contributed by atoms with van der Waals surface area (Å²) in [6.07, 6.45) is 0. The molecule has 0 radical (unpaired) electrons. The van der Waals surface area contributed by atoms with Gasteiger partial charge in [-0.2, -0.15) is 5.10 Å². The van der Waals surface area contributed by atoms with Gasteiger partial charge in [-0.3, -0.25) is 30.3 Å². The number of hydrazine groups is 1. The topological polar surface area (TPSA) is 142 Å². The minimum atomic E-state index is -3.95. The molecule has 0 fully saturated rings. The average Bonchev–Trinajstić information content (AvgIpc) is 3.55. The van der Waals surface area contributed by atoms with Gasteiger partial charge in [0.2, 0.25) is 0 Å². The molecule has 0 bridgehead atoms. The molecular formula is C22H19N5O5S2. The van der Waals surface area contributed by atoms with Crippen molar-refractivity contribution in [3.8, 4) is 16.3 Å². The lowest BCUT2D eigenvalue weighted by Gasteiger charge is -2.10. The molecule has 0 aliphatic heterocycles. The standard InChI is InChI=1S/C22H19N5O5S2/c1-32-16-9-7-15(8-10-16)27-34(30,31)17-5-2-4-14(12-17)21(28)25-26-22(29)19-13-18(23-24-19)20-6-3-11-33-20/h2-13,27H,1H3,(H,23,24)(H,25,28)(H,26,29). The molecule has 2 aromatic heterocycles. The zero-order chi connectivity index (χ0) is 24.1. The summed E-state index contributed by atoms with van der Waals surface area (Å²) in [4.78, 5) is 25.6. The number of thiophene rings is 1. The van der Waals surface area contributed by atoms with E-state index < -0.39 is 21.8 Å². The molecule has 174 valence electrons. The van der Waals surface area contributed by atoms with Crippen LogP contribution in [0.15, 0.2) is 77.0 Å². The van der Waals surface area contributed by atoms with Gasteiger partial charge in [-0.1, -0.05) is 12.1 Å². The largest absolute Gasteiger partial charge is 0.497 e. The van der Waals surface area contributed by atoms with Crippen LogP contribution in [0.25, 0.3) is 10.6 Å². The van der Waals surface area contributed by atoms with Crippen molar-refractivity contribution in [2.45, 2.75) is 4.90 Å². The van der Waals surface area contributed by atoms with E-state index in [4.69, 9.17) is 4.74 Å². The Balaban J connectivity index is 1.40. The first-order valence-corrected chi connectivity index (χ1v) is 12.2. The summed E-state index contributed by atoms with van der Waals surface area (Å²) in [7, 11) is -2.44. The van der Waals surface area contributed by atoms with E-state index in [0.717, 1.165) is 4.88 Å². The number of carbonyl (C=O) groups excluding carboxylic acids is 2. The first kappa shape index (κ1) is 23.0. The number of H-pyrrole nitrogens is 1. The number of sulfonamides is 1. The number of carbonyl (C=O) groups is 2. The number of amides is 2. The number of methoxy groups -OCH3 is 1. The van der Waals surface area contributed by atoms with Crippen LogP contribution in [-0.4, -0.2) is 37.5 Å². The molecule has 0 aliphatic carbocycles. The molecule has 2 aromatic carbocycles. The number of aromatic nitrogens is 2. The summed E-state index contributed by atoms with van der Waals surface area (Å²) in [5.74, 6) is -0.734. The van der Waals surface area contributed by atoms with Crippen LogP contribution in [-0.2, 0) is 10.0 Å². The van der Waals surface area contributed by atoms with E-state index in [1.54, 1.807) is 30.3 Å². The van der Waals surface area contributed by atoms with Crippen molar-refractivity contribution in [2.75, 3.05) is 11.8 Å². The molecule has 2 heterocycles. The van der Waals surface area contributed by atoms with Gasteiger partial charge in [-0.25, -0.2) is 8.42 Å². The summed E-state index contributed by atoms with van der Waals surface area (Å²) in [6.45, 7) is 0. The van der Waals surface area contributed by atoms with Gasteiger partial charge < -0.3 is 4.74 Å². The number of rotatable bonds is 7. The van der Waals surface area contributed by atoms with Crippen molar-refractivity contribution >= 4 is 38.9 Å². The van der Waals surface area contributed by atoms with E-state index in [2.05, 4.69) is 25.8 Å². The highest BCUT2D eigenvalue weighted by atomic mass is 32.2. The Kier molecular flexibility index (Phi) is 6.61. The maximum atomic E-state index is 12.7. The number of benzene rings is 2. The molecule has 0 saturated carbocycles. The predicted molar refractivity (Wildman–Crippen MR) is 127 cm³/mol. The second-order valence-electron chi connectivity index (χ2n) is 6.91. The quantitative estimate of drug-likeness (QED) is 0.289. The lowest BCUT2D eigenvalue weighted by molar-refractivity contribution is 0.0844. The molecule has 10 nitrogen and oxygen atoms in total. The first-order chi connectivity index (χ1) is 16.4. The number of nitrogens with one attached hydrogen (secondary N) is 4. The summed E-state index contributed by atoms with van der Waals surface area (Å²) in [5.41, 5.74) is 5.67. The second-order valence-corrected chi connectivity index (χ2v) is 9.54. The third kappa shape index (κ3) is 5.24. The molecule has 2 amide bonds. The van der Waals surface area contributed by atoms with E-state index in [0.29, 0.717) is 17.1 Å². The van der Waals surface area contributed by atoms with Crippen molar-refractivity contribution in [3.63, 3.8) is 0 Å². The highest BCUT2D eigenvalue weighted by molar-refractivity contribution is 7.92. The molecule has 12 heteroatoms. The minimum Gasteiger partial charge on any atom is -0.497 e. The van der Waals surface area contributed by atoms with Crippen molar-refractivity contribution in [2.24, 2.45) is 0 Å². The molecule has 4 aromatic rings. The van der Waals surface area contributed by atoms with Gasteiger partial charge in [0.05, 0.1) is 22.6 Å². The minimum absolute atomic E-state index is 0.0409. The third-order valence-electron chi connectivity index (χ3n) is 4.64. The summed E-state index contributed by atoms with van der Waals surface area (Å²) in [6, 6.07) is 17.1. The molecule has 4 rings (SSSR count). The second kappa shape index (κ2) is 9.77. The molecule has 4 N–H and O–H groups in total. The first-order valence-electron chi connectivity index (χ1n) is 9.82. The van der Waals surface area contributed by atoms with Crippen molar-refractivity contribution in [1.29, 1.82) is 0 Å². The van der Waals surface area contributed by atoms with Crippen molar-refractivity contribution in [1.82, 2.24) is 21.0 Å². The fourth-order valence-corrected chi connectivity index (χ4v) is 4.72. The van der Waals surface area contributed by atoms with E-state index in [1.807, 2.05) is 17.5 Å². The number of nitrogens with zero attached hydrogens (tertiary/aromatic N) is 1. The SMILES string of the molecule is COc1ccc(NS(=O)(=O)c2cccc(C(=O)NNC(=O)c3cc(-c4cccs4)[nH]n3)c2)cc1. The highest BCUT2D eigenvalue weighted by Crippen LogP contribution is 2.23. The van der Waals surface area contributed by atoms with Crippen LogP contribution in [0.5, 0.6) is 5.75 Å². The summed E-state index contributed by atoms with van der Waals surface area (Å²) < 4.78 is 33.0.